The van der Waals surface area contributed by atoms with Crippen molar-refractivity contribution < 1.29 is 0 Å². The molecule has 0 nitrogen and oxygen atoms in total. The highest BCUT2D eigenvalue weighted by Crippen LogP contribution is 2.23. The van der Waals surface area contributed by atoms with Crippen LogP contribution in [0.25, 0.3) is 0 Å². The molecule has 0 aromatic rings. The molecule has 0 aliphatic carbocycles. The molecule has 0 rings (SSSR count). The third-order valence-electron chi connectivity index (χ3n) is 5.19. The van der Waals surface area contributed by atoms with Gasteiger partial charge >= 0.3 is 0 Å². The van der Waals surface area contributed by atoms with E-state index in [1.165, 1.54) is 64.2 Å². The standard InChI is InChI=1S/C20H42S/c1-7-17(2)11-8-12-18(3)13-9-14-19(4)15-10-16-20(5)21-6/h17-20H,7-16H2,1-6H3. The maximum atomic E-state index is 2.46. The second-order valence-electron chi connectivity index (χ2n) is 7.56. The van der Waals surface area contributed by atoms with Crippen molar-refractivity contribution in [1.82, 2.24) is 0 Å². The molecule has 0 radical (unpaired) electrons. The van der Waals surface area contributed by atoms with Crippen LogP contribution in [0.15, 0.2) is 0 Å². The highest BCUT2D eigenvalue weighted by molar-refractivity contribution is 7.99. The van der Waals surface area contributed by atoms with E-state index in [1.807, 2.05) is 11.8 Å². The average Bonchev–Trinajstić information content (AvgIpc) is 2.46. The molecular weight excluding hydrogens is 272 g/mol. The Hall–Kier alpha value is 0.350. The Bertz CT molecular complexity index is 192. The van der Waals surface area contributed by atoms with Crippen LogP contribution in [0.4, 0.5) is 0 Å². The summed E-state index contributed by atoms with van der Waals surface area (Å²) in [4.78, 5) is 0. The molecule has 0 saturated heterocycles. The van der Waals surface area contributed by atoms with Gasteiger partial charge in [0.15, 0.2) is 0 Å². The zero-order valence-electron chi connectivity index (χ0n) is 15.8. The lowest BCUT2D eigenvalue weighted by Crippen LogP contribution is -2.02. The molecule has 0 aliphatic rings. The van der Waals surface area contributed by atoms with Gasteiger partial charge in [-0.05, 0) is 30.4 Å². The molecular formula is C20H42S. The second-order valence-corrected chi connectivity index (χ2v) is 8.84. The maximum absolute atomic E-state index is 2.46. The lowest BCUT2D eigenvalue weighted by molar-refractivity contribution is 0.381. The van der Waals surface area contributed by atoms with E-state index >= 15 is 0 Å². The Morgan fingerprint density at radius 2 is 1.00 bits per heavy atom. The van der Waals surface area contributed by atoms with Crippen molar-refractivity contribution in [3.05, 3.63) is 0 Å². The van der Waals surface area contributed by atoms with Gasteiger partial charge < -0.3 is 0 Å². The second kappa shape index (κ2) is 14.0. The highest BCUT2D eigenvalue weighted by atomic mass is 32.2. The summed E-state index contributed by atoms with van der Waals surface area (Å²) in [6.45, 7) is 12.0. The largest absolute Gasteiger partial charge is 0.162 e. The van der Waals surface area contributed by atoms with E-state index in [-0.39, 0.29) is 0 Å². The molecule has 0 aromatic heterocycles. The quantitative estimate of drug-likeness (QED) is 0.318. The van der Waals surface area contributed by atoms with Crippen LogP contribution in [0.1, 0.15) is 98.8 Å². The number of hydrogen-bond acceptors (Lipinski definition) is 1. The van der Waals surface area contributed by atoms with Crippen LogP contribution < -0.4 is 0 Å². The van der Waals surface area contributed by atoms with Gasteiger partial charge in [-0.3, -0.25) is 0 Å². The van der Waals surface area contributed by atoms with Crippen LogP contribution in [0.2, 0.25) is 0 Å². The first-order chi connectivity index (χ1) is 9.99. The summed E-state index contributed by atoms with van der Waals surface area (Å²) in [6, 6.07) is 0. The van der Waals surface area contributed by atoms with Crippen molar-refractivity contribution in [2.45, 2.75) is 104 Å². The maximum Gasteiger partial charge on any atom is 0.00159 e. The van der Waals surface area contributed by atoms with Crippen molar-refractivity contribution in [1.29, 1.82) is 0 Å². The summed E-state index contributed by atoms with van der Waals surface area (Å²) >= 11 is 2.01. The molecule has 0 amide bonds. The van der Waals surface area contributed by atoms with Gasteiger partial charge in [0.1, 0.15) is 0 Å². The summed E-state index contributed by atoms with van der Waals surface area (Å²) in [5, 5.41) is 0.850. The summed E-state index contributed by atoms with van der Waals surface area (Å²) in [6.07, 6.45) is 16.5. The van der Waals surface area contributed by atoms with Crippen LogP contribution in [-0.2, 0) is 0 Å². The number of hydrogen-bond donors (Lipinski definition) is 0. The normalized spacial score (nSPS) is 17.4. The molecule has 0 bridgehead atoms. The fourth-order valence-electron chi connectivity index (χ4n) is 2.99. The van der Waals surface area contributed by atoms with Gasteiger partial charge in [-0.1, -0.05) is 92.4 Å². The first-order valence-electron chi connectivity index (χ1n) is 9.52. The molecule has 0 aromatic carbocycles. The van der Waals surface area contributed by atoms with E-state index in [4.69, 9.17) is 0 Å². The van der Waals surface area contributed by atoms with Gasteiger partial charge in [0.2, 0.25) is 0 Å². The first kappa shape index (κ1) is 21.4. The van der Waals surface area contributed by atoms with Crippen molar-refractivity contribution in [3.63, 3.8) is 0 Å². The lowest BCUT2D eigenvalue weighted by Gasteiger charge is -2.16. The molecule has 21 heavy (non-hydrogen) atoms. The Balaban J connectivity index is 3.46. The monoisotopic (exact) mass is 314 g/mol. The van der Waals surface area contributed by atoms with E-state index in [0.717, 1.165) is 23.0 Å². The zero-order valence-corrected chi connectivity index (χ0v) is 16.6. The summed E-state index contributed by atoms with van der Waals surface area (Å²) in [5.74, 6) is 2.81. The predicted octanol–water partition coefficient (Wildman–Crippen LogP) is 7.57. The van der Waals surface area contributed by atoms with Crippen LogP contribution >= 0.6 is 11.8 Å². The average molecular weight is 315 g/mol. The minimum atomic E-state index is 0.850. The van der Waals surface area contributed by atoms with Gasteiger partial charge in [-0.25, -0.2) is 0 Å². The van der Waals surface area contributed by atoms with Crippen molar-refractivity contribution in [3.8, 4) is 0 Å². The summed E-state index contributed by atoms with van der Waals surface area (Å²) in [5.41, 5.74) is 0. The van der Waals surface area contributed by atoms with Gasteiger partial charge in [0.25, 0.3) is 0 Å². The van der Waals surface area contributed by atoms with Crippen LogP contribution in [0.3, 0.4) is 0 Å². The molecule has 0 spiro atoms. The minimum absolute atomic E-state index is 0.850. The molecule has 4 atom stereocenters. The lowest BCUT2D eigenvalue weighted by atomic mass is 9.91. The van der Waals surface area contributed by atoms with Gasteiger partial charge in [0.05, 0.1) is 0 Å². The van der Waals surface area contributed by atoms with Gasteiger partial charge in [-0.15, -0.1) is 0 Å². The molecule has 0 saturated carbocycles. The SMILES string of the molecule is CCC(C)CCCC(C)CCCC(C)CCCC(C)SC. The zero-order chi connectivity index (χ0) is 16.1. The summed E-state index contributed by atoms with van der Waals surface area (Å²) < 4.78 is 0. The Morgan fingerprint density at radius 3 is 1.38 bits per heavy atom. The molecule has 0 heterocycles. The molecule has 0 fully saturated rings. The topological polar surface area (TPSA) is 0 Å². The van der Waals surface area contributed by atoms with Crippen molar-refractivity contribution in [2.75, 3.05) is 6.26 Å². The Kier molecular flexibility index (Phi) is 14.2. The molecule has 0 N–H and O–H groups in total. The van der Waals surface area contributed by atoms with E-state index in [0.29, 0.717) is 0 Å². The molecule has 128 valence electrons. The molecule has 0 aliphatic heterocycles. The van der Waals surface area contributed by atoms with Gasteiger partial charge in [-0.2, -0.15) is 11.8 Å². The van der Waals surface area contributed by atoms with E-state index in [9.17, 15) is 0 Å². The van der Waals surface area contributed by atoms with E-state index < -0.39 is 0 Å². The minimum Gasteiger partial charge on any atom is -0.162 e. The van der Waals surface area contributed by atoms with Crippen LogP contribution in [0.5, 0.6) is 0 Å². The molecule has 4 unspecified atom stereocenters. The highest BCUT2D eigenvalue weighted by Gasteiger charge is 2.07. The Labute approximate surface area is 140 Å². The number of rotatable bonds is 14. The van der Waals surface area contributed by atoms with Crippen molar-refractivity contribution >= 4 is 11.8 Å². The Morgan fingerprint density at radius 1 is 0.619 bits per heavy atom. The number of thioether (sulfide) groups is 1. The summed E-state index contributed by atoms with van der Waals surface area (Å²) in [7, 11) is 0. The predicted molar refractivity (Wildman–Crippen MR) is 102 cm³/mol. The first-order valence-corrected chi connectivity index (χ1v) is 10.8. The smallest absolute Gasteiger partial charge is 0.00159 e. The van der Waals surface area contributed by atoms with E-state index in [2.05, 4.69) is 40.9 Å². The fraction of sp³-hybridized carbons (Fsp3) is 1.00. The molecule has 1 heteroatoms. The van der Waals surface area contributed by atoms with Crippen LogP contribution in [0, 0.1) is 17.8 Å². The van der Waals surface area contributed by atoms with E-state index in [1.54, 1.807) is 0 Å². The fourth-order valence-corrected chi connectivity index (χ4v) is 3.40. The van der Waals surface area contributed by atoms with Gasteiger partial charge in [0, 0.05) is 5.25 Å². The third kappa shape index (κ3) is 13.7. The third-order valence-corrected chi connectivity index (χ3v) is 6.24. The van der Waals surface area contributed by atoms with Crippen molar-refractivity contribution in [2.24, 2.45) is 17.8 Å². The van der Waals surface area contributed by atoms with Crippen LogP contribution in [-0.4, -0.2) is 11.5 Å².